The van der Waals surface area contributed by atoms with Crippen molar-refractivity contribution in [3.05, 3.63) is 59.4 Å². The number of piperidine rings is 1. The second-order valence-electron chi connectivity index (χ2n) is 6.94. The molecule has 0 bridgehead atoms. The van der Waals surface area contributed by atoms with Gasteiger partial charge in [0.15, 0.2) is 11.5 Å². The molecular weight excluding hydrogens is 375 g/mol. The van der Waals surface area contributed by atoms with Crippen molar-refractivity contribution in [2.45, 2.75) is 19.4 Å². The van der Waals surface area contributed by atoms with Crippen molar-refractivity contribution in [2.75, 3.05) is 27.3 Å². The molecule has 0 saturated carbocycles. The van der Waals surface area contributed by atoms with E-state index in [1.807, 2.05) is 12.1 Å². The molecule has 0 radical (unpaired) electrons. The van der Waals surface area contributed by atoms with Gasteiger partial charge in [-0.15, -0.1) is 0 Å². The van der Waals surface area contributed by atoms with E-state index in [-0.39, 0.29) is 36.4 Å². The number of benzene rings is 2. The molecule has 3 rings (SSSR count). The van der Waals surface area contributed by atoms with Crippen LogP contribution in [0.1, 0.15) is 28.8 Å². The predicted octanol–water partition coefficient (Wildman–Crippen LogP) is 3.01. The van der Waals surface area contributed by atoms with Gasteiger partial charge in [-0.25, -0.2) is 4.39 Å². The summed E-state index contributed by atoms with van der Waals surface area (Å²) in [4.78, 5) is 26.9. The Morgan fingerprint density at radius 3 is 2.66 bits per heavy atom. The van der Waals surface area contributed by atoms with E-state index < -0.39 is 5.82 Å². The van der Waals surface area contributed by atoms with E-state index in [4.69, 9.17) is 9.47 Å². The van der Waals surface area contributed by atoms with Gasteiger partial charge in [0.05, 0.1) is 25.7 Å². The number of hydrogen-bond donors (Lipinski definition) is 1. The van der Waals surface area contributed by atoms with Crippen LogP contribution in [0.3, 0.4) is 0 Å². The van der Waals surface area contributed by atoms with E-state index in [9.17, 15) is 14.0 Å². The zero-order chi connectivity index (χ0) is 20.8. The molecule has 2 amide bonds. The Morgan fingerprint density at radius 2 is 1.93 bits per heavy atom. The monoisotopic (exact) mass is 400 g/mol. The summed E-state index contributed by atoms with van der Waals surface area (Å²) in [5.41, 5.74) is 0.838. The average Bonchev–Trinajstić information content (AvgIpc) is 2.77. The highest BCUT2D eigenvalue weighted by Gasteiger charge is 2.29. The van der Waals surface area contributed by atoms with Gasteiger partial charge >= 0.3 is 0 Å². The zero-order valence-electron chi connectivity index (χ0n) is 16.6. The highest BCUT2D eigenvalue weighted by atomic mass is 19.1. The molecule has 1 aliphatic heterocycles. The molecule has 0 aromatic heterocycles. The van der Waals surface area contributed by atoms with Crippen molar-refractivity contribution in [2.24, 2.45) is 5.92 Å². The molecule has 29 heavy (non-hydrogen) atoms. The van der Waals surface area contributed by atoms with Crippen LogP contribution in [-0.2, 0) is 11.3 Å². The Morgan fingerprint density at radius 1 is 1.14 bits per heavy atom. The first-order valence-corrected chi connectivity index (χ1v) is 9.56. The van der Waals surface area contributed by atoms with Crippen LogP contribution in [0.2, 0.25) is 0 Å². The standard InChI is InChI=1S/C22H25FN2O4/c1-28-19-11-5-7-15(20(19)29-2)13-24-21(26)16-8-6-12-25(14-16)22(27)17-9-3-4-10-18(17)23/h3-5,7,9-11,16H,6,8,12-14H2,1-2H3,(H,24,26)/t16-/m0/s1. The maximum Gasteiger partial charge on any atom is 0.256 e. The first kappa shape index (κ1) is 20.6. The van der Waals surface area contributed by atoms with Gasteiger partial charge in [-0.1, -0.05) is 24.3 Å². The number of rotatable bonds is 6. The number of halogens is 1. The molecule has 0 aliphatic carbocycles. The molecule has 6 nitrogen and oxygen atoms in total. The van der Waals surface area contributed by atoms with Crippen LogP contribution in [0.25, 0.3) is 0 Å². The predicted molar refractivity (Wildman–Crippen MR) is 106 cm³/mol. The van der Waals surface area contributed by atoms with Crippen LogP contribution in [0, 0.1) is 11.7 Å². The molecule has 2 aromatic rings. The minimum absolute atomic E-state index is 0.0367. The van der Waals surface area contributed by atoms with Crippen molar-refractivity contribution in [3.63, 3.8) is 0 Å². The number of para-hydroxylation sites is 1. The largest absolute Gasteiger partial charge is 0.493 e. The molecule has 154 valence electrons. The number of carbonyl (C=O) groups excluding carboxylic acids is 2. The summed E-state index contributed by atoms with van der Waals surface area (Å²) in [6.45, 7) is 1.08. The second-order valence-corrected chi connectivity index (χ2v) is 6.94. The molecule has 0 spiro atoms. The lowest BCUT2D eigenvalue weighted by Gasteiger charge is -2.32. The maximum atomic E-state index is 13.9. The maximum absolute atomic E-state index is 13.9. The van der Waals surface area contributed by atoms with Gasteiger partial charge in [-0.2, -0.15) is 0 Å². The highest BCUT2D eigenvalue weighted by molar-refractivity contribution is 5.95. The molecule has 1 atom stereocenters. The van der Waals surface area contributed by atoms with Gasteiger partial charge in [0.2, 0.25) is 5.91 Å². The van der Waals surface area contributed by atoms with Crippen LogP contribution in [-0.4, -0.2) is 44.0 Å². The molecule has 7 heteroatoms. The molecule has 2 aromatic carbocycles. The lowest BCUT2D eigenvalue weighted by molar-refractivity contribution is -0.126. The minimum atomic E-state index is -0.547. The van der Waals surface area contributed by atoms with Gasteiger partial charge in [0, 0.05) is 25.2 Å². The highest BCUT2D eigenvalue weighted by Crippen LogP contribution is 2.30. The first-order chi connectivity index (χ1) is 14.0. The number of hydrogen-bond acceptors (Lipinski definition) is 4. The Bertz CT molecular complexity index is 887. The first-order valence-electron chi connectivity index (χ1n) is 9.56. The van der Waals surface area contributed by atoms with Crippen LogP contribution in [0.5, 0.6) is 11.5 Å². The van der Waals surface area contributed by atoms with Gasteiger partial charge in [0.25, 0.3) is 5.91 Å². The van der Waals surface area contributed by atoms with Gasteiger partial charge in [-0.3, -0.25) is 9.59 Å². The zero-order valence-corrected chi connectivity index (χ0v) is 16.6. The molecule has 0 unspecified atom stereocenters. The fourth-order valence-electron chi connectivity index (χ4n) is 3.60. The van der Waals surface area contributed by atoms with Gasteiger partial charge < -0.3 is 19.7 Å². The number of nitrogens with one attached hydrogen (secondary N) is 1. The SMILES string of the molecule is COc1cccc(CNC(=O)[C@H]2CCCN(C(=O)c3ccccc3F)C2)c1OC. The Hall–Kier alpha value is -3.09. The Kier molecular flexibility index (Phi) is 6.69. The number of methoxy groups -OCH3 is 2. The summed E-state index contributed by atoms with van der Waals surface area (Å²) >= 11 is 0. The molecular formula is C22H25FN2O4. The van der Waals surface area contributed by atoms with Crippen molar-refractivity contribution in [1.29, 1.82) is 0 Å². The molecule has 1 fully saturated rings. The van der Waals surface area contributed by atoms with Crippen molar-refractivity contribution in [1.82, 2.24) is 10.2 Å². The van der Waals surface area contributed by atoms with Crippen LogP contribution in [0.4, 0.5) is 4.39 Å². The van der Waals surface area contributed by atoms with Crippen LogP contribution in [0.15, 0.2) is 42.5 Å². The van der Waals surface area contributed by atoms with Crippen LogP contribution < -0.4 is 14.8 Å². The number of nitrogens with zero attached hydrogens (tertiary/aromatic N) is 1. The summed E-state index contributed by atoms with van der Waals surface area (Å²) in [5.74, 6) is -0.227. The van der Waals surface area contributed by atoms with E-state index in [0.29, 0.717) is 30.9 Å². The van der Waals surface area contributed by atoms with Crippen molar-refractivity contribution < 1.29 is 23.5 Å². The van der Waals surface area contributed by atoms with Gasteiger partial charge in [0.1, 0.15) is 5.82 Å². The fourth-order valence-corrected chi connectivity index (χ4v) is 3.60. The summed E-state index contributed by atoms with van der Waals surface area (Å²) in [7, 11) is 3.11. The summed E-state index contributed by atoms with van der Waals surface area (Å²) in [6.07, 6.45) is 1.38. The van der Waals surface area contributed by atoms with E-state index in [2.05, 4.69) is 5.32 Å². The van der Waals surface area contributed by atoms with E-state index in [1.54, 1.807) is 37.3 Å². The summed E-state index contributed by atoms with van der Waals surface area (Å²) in [5, 5.41) is 2.92. The third kappa shape index (κ3) is 4.67. The second kappa shape index (κ2) is 9.41. The molecule has 1 saturated heterocycles. The number of likely N-dealkylation sites (tertiary alicyclic amines) is 1. The molecule has 1 heterocycles. The third-order valence-electron chi connectivity index (χ3n) is 5.12. The van der Waals surface area contributed by atoms with Gasteiger partial charge in [-0.05, 0) is 31.0 Å². The van der Waals surface area contributed by atoms with Crippen LogP contribution >= 0.6 is 0 Å². The average molecular weight is 400 g/mol. The number of ether oxygens (including phenoxy) is 2. The van der Waals surface area contributed by atoms with E-state index >= 15 is 0 Å². The van der Waals surface area contributed by atoms with E-state index in [0.717, 1.165) is 5.56 Å². The Labute approximate surface area is 169 Å². The molecule has 1 N–H and O–H groups in total. The van der Waals surface area contributed by atoms with E-state index in [1.165, 1.54) is 12.1 Å². The molecule has 1 aliphatic rings. The Balaban J connectivity index is 1.63. The third-order valence-corrected chi connectivity index (χ3v) is 5.12. The lowest BCUT2D eigenvalue weighted by atomic mass is 9.96. The smallest absolute Gasteiger partial charge is 0.256 e. The summed E-state index contributed by atoms with van der Waals surface area (Å²) in [6, 6.07) is 11.4. The summed E-state index contributed by atoms with van der Waals surface area (Å²) < 4.78 is 24.6. The fraction of sp³-hybridized carbons (Fsp3) is 0.364. The number of amides is 2. The lowest BCUT2D eigenvalue weighted by Crippen LogP contribution is -2.45. The quantitative estimate of drug-likeness (QED) is 0.810. The van der Waals surface area contributed by atoms with Crippen molar-refractivity contribution in [3.8, 4) is 11.5 Å². The minimum Gasteiger partial charge on any atom is -0.493 e. The normalized spacial score (nSPS) is 16.2. The van der Waals surface area contributed by atoms with Crippen molar-refractivity contribution >= 4 is 11.8 Å². The topological polar surface area (TPSA) is 67.9 Å². The number of carbonyl (C=O) groups is 2.